The molecule has 5 nitrogen and oxygen atoms in total. The zero-order valence-corrected chi connectivity index (χ0v) is 14.4. The fraction of sp³-hybridized carbons (Fsp3) is 0.238. The molecule has 5 heteroatoms. The zero-order valence-electron chi connectivity index (χ0n) is 14.4. The van der Waals surface area contributed by atoms with Crippen molar-refractivity contribution in [2.75, 3.05) is 6.54 Å². The third-order valence-corrected chi connectivity index (χ3v) is 4.89. The summed E-state index contributed by atoms with van der Waals surface area (Å²) in [6.07, 6.45) is 3.05. The summed E-state index contributed by atoms with van der Waals surface area (Å²) in [6.45, 7) is 1.00. The molecule has 26 heavy (non-hydrogen) atoms. The fourth-order valence-electron chi connectivity index (χ4n) is 3.49. The molecule has 0 bridgehead atoms. The van der Waals surface area contributed by atoms with Gasteiger partial charge in [0.05, 0.1) is 19.0 Å². The highest BCUT2D eigenvalue weighted by molar-refractivity contribution is 6.05. The number of hydrogen-bond acceptors (Lipinski definition) is 3. The fourth-order valence-corrected chi connectivity index (χ4v) is 3.49. The summed E-state index contributed by atoms with van der Waals surface area (Å²) in [5.74, 6) is -0.235. The summed E-state index contributed by atoms with van der Waals surface area (Å²) in [7, 11) is 0. The standard InChI is InChI=1S/C21H21N3O2/c25-20-12-19(21(26)24(20)14-15-6-2-1-3-7-15)22-11-10-16-13-23-18-9-5-4-8-17(16)18/h1-9,13,19,22-23H,10-12,14H2. The van der Waals surface area contributed by atoms with E-state index in [4.69, 9.17) is 0 Å². The molecule has 0 aliphatic carbocycles. The van der Waals surface area contributed by atoms with E-state index in [1.807, 2.05) is 54.7 Å². The van der Waals surface area contributed by atoms with Crippen LogP contribution in [0, 0.1) is 0 Å². The van der Waals surface area contributed by atoms with Crippen molar-refractivity contribution in [3.8, 4) is 0 Å². The van der Waals surface area contributed by atoms with Crippen LogP contribution in [0.1, 0.15) is 17.5 Å². The maximum absolute atomic E-state index is 12.6. The molecule has 2 amide bonds. The second-order valence-corrected chi connectivity index (χ2v) is 6.62. The number of H-pyrrole nitrogens is 1. The number of hydrogen-bond donors (Lipinski definition) is 2. The summed E-state index contributed by atoms with van der Waals surface area (Å²) < 4.78 is 0. The van der Waals surface area contributed by atoms with Gasteiger partial charge in [0.2, 0.25) is 11.8 Å². The number of aromatic nitrogens is 1. The van der Waals surface area contributed by atoms with Crippen LogP contribution in [0.4, 0.5) is 0 Å². The number of imide groups is 1. The largest absolute Gasteiger partial charge is 0.361 e. The second-order valence-electron chi connectivity index (χ2n) is 6.62. The molecule has 1 aliphatic heterocycles. The summed E-state index contributed by atoms with van der Waals surface area (Å²) in [6, 6.07) is 17.4. The lowest BCUT2D eigenvalue weighted by atomic mass is 10.1. The number of aromatic amines is 1. The highest BCUT2D eigenvalue weighted by Gasteiger charge is 2.37. The first-order valence-corrected chi connectivity index (χ1v) is 8.89. The predicted octanol–water partition coefficient (Wildman–Crippen LogP) is 2.63. The molecule has 1 saturated heterocycles. The van der Waals surface area contributed by atoms with Crippen LogP contribution in [0.15, 0.2) is 60.8 Å². The van der Waals surface area contributed by atoms with Gasteiger partial charge in [-0.3, -0.25) is 14.5 Å². The highest BCUT2D eigenvalue weighted by Crippen LogP contribution is 2.19. The maximum atomic E-state index is 12.6. The van der Waals surface area contributed by atoms with Gasteiger partial charge in [0.1, 0.15) is 0 Å². The Kier molecular flexibility index (Phi) is 4.54. The lowest BCUT2D eigenvalue weighted by molar-refractivity contribution is -0.139. The third-order valence-electron chi connectivity index (χ3n) is 4.89. The van der Waals surface area contributed by atoms with Gasteiger partial charge in [0.25, 0.3) is 0 Å². The molecule has 1 unspecified atom stereocenters. The molecule has 1 aliphatic rings. The summed E-state index contributed by atoms with van der Waals surface area (Å²) in [5.41, 5.74) is 3.29. The van der Waals surface area contributed by atoms with Gasteiger partial charge in [-0.15, -0.1) is 0 Å². The quantitative estimate of drug-likeness (QED) is 0.674. The van der Waals surface area contributed by atoms with Gasteiger partial charge >= 0.3 is 0 Å². The zero-order chi connectivity index (χ0) is 17.9. The van der Waals surface area contributed by atoms with Gasteiger partial charge < -0.3 is 10.3 Å². The first-order valence-electron chi connectivity index (χ1n) is 8.89. The van der Waals surface area contributed by atoms with Gasteiger partial charge in [-0.2, -0.15) is 0 Å². The summed E-state index contributed by atoms with van der Waals surface area (Å²) in [4.78, 5) is 29.4. The first kappa shape index (κ1) is 16.5. The van der Waals surface area contributed by atoms with E-state index in [1.54, 1.807) is 0 Å². The Bertz CT molecular complexity index is 933. The molecule has 1 atom stereocenters. The van der Waals surface area contributed by atoms with Gasteiger partial charge in [0, 0.05) is 23.6 Å². The average Bonchev–Trinajstić information content (AvgIpc) is 3.19. The second kappa shape index (κ2) is 7.14. The molecular weight excluding hydrogens is 326 g/mol. The molecule has 1 fully saturated rings. The van der Waals surface area contributed by atoms with Crippen molar-refractivity contribution in [1.29, 1.82) is 0 Å². The maximum Gasteiger partial charge on any atom is 0.247 e. The molecule has 3 aromatic rings. The topological polar surface area (TPSA) is 65.2 Å². The van der Waals surface area contributed by atoms with Crippen LogP contribution in [0.25, 0.3) is 10.9 Å². The summed E-state index contributed by atoms with van der Waals surface area (Å²) >= 11 is 0. The highest BCUT2D eigenvalue weighted by atomic mass is 16.2. The van der Waals surface area contributed by atoms with Crippen LogP contribution in [-0.4, -0.2) is 34.3 Å². The Hall–Kier alpha value is -2.92. The average molecular weight is 347 g/mol. The third kappa shape index (κ3) is 3.26. The molecule has 1 aromatic heterocycles. The number of fused-ring (bicyclic) bond motifs is 1. The van der Waals surface area contributed by atoms with E-state index < -0.39 is 6.04 Å². The van der Waals surface area contributed by atoms with Crippen molar-refractivity contribution in [3.05, 3.63) is 71.9 Å². The van der Waals surface area contributed by atoms with Crippen molar-refractivity contribution >= 4 is 22.7 Å². The van der Waals surface area contributed by atoms with Crippen LogP contribution in [-0.2, 0) is 22.6 Å². The smallest absolute Gasteiger partial charge is 0.247 e. The Balaban J connectivity index is 1.35. The minimum Gasteiger partial charge on any atom is -0.361 e. The minimum absolute atomic E-state index is 0.108. The van der Waals surface area contributed by atoms with E-state index in [0.717, 1.165) is 17.5 Å². The molecular formula is C21H21N3O2. The van der Waals surface area contributed by atoms with Crippen LogP contribution in [0.5, 0.6) is 0 Å². The lowest BCUT2D eigenvalue weighted by Gasteiger charge is -2.15. The minimum atomic E-state index is -0.420. The monoisotopic (exact) mass is 347 g/mol. The molecule has 132 valence electrons. The van der Waals surface area contributed by atoms with E-state index in [1.165, 1.54) is 15.8 Å². The van der Waals surface area contributed by atoms with Gasteiger partial charge in [-0.1, -0.05) is 48.5 Å². The van der Waals surface area contributed by atoms with Gasteiger partial charge in [-0.25, -0.2) is 0 Å². The van der Waals surface area contributed by atoms with Crippen molar-refractivity contribution in [1.82, 2.24) is 15.2 Å². The molecule has 2 N–H and O–H groups in total. The van der Waals surface area contributed by atoms with Crippen molar-refractivity contribution in [2.24, 2.45) is 0 Å². The predicted molar refractivity (Wildman–Crippen MR) is 100 cm³/mol. The van der Waals surface area contributed by atoms with Crippen LogP contribution < -0.4 is 5.32 Å². The van der Waals surface area contributed by atoms with Gasteiger partial charge in [0.15, 0.2) is 0 Å². The molecule has 4 rings (SSSR count). The number of nitrogens with zero attached hydrogens (tertiary/aromatic N) is 1. The number of carbonyl (C=O) groups is 2. The number of likely N-dealkylation sites (tertiary alicyclic amines) is 1. The molecule has 2 aromatic carbocycles. The number of carbonyl (C=O) groups excluding carboxylic acids is 2. The number of para-hydroxylation sites is 1. The SMILES string of the molecule is O=C1CC(NCCc2c[nH]c3ccccc23)C(=O)N1Cc1ccccc1. The Morgan fingerprint density at radius 1 is 1.04 bits per heavy atom. The van der Waals surface area contributed by atoms with Crippen molar-refractivity contribution in [3.63, 3.8) is 0 Å². The van der Waals surface area contributed by atoms with E-state index in [9.17, 15) is 9.59 Å². The van der Waals surface area contributed by atoms with E-state index in [2.05, 4.69) is 16.4 Å². The van der Waals surface area contributed by atoms with Crippen LogP contribution in [0.3, 0.4) is 0 Å². The van der Waals surface area contributed by atoms with E-state index in [-0.39, 0.29) is 18.2 Å². The van der Waals surface area contributed by atoms with Crippen molar-refractivity contribution in [2.45, 2.75) is 25.4 Å². The molecule has 2 heterocycles. The van der Waals surface area contributed by atoms with Crippen LogP contribution in [0.2, 0.25) is 0 Å². The molecule has 0 spiro atoms. The molecule has 0 saturated carbocycles. The Morgan fingerprint density at radius 3 is 2.65 bits per heavy atom. The lowest BCUT2D eigenvalue weighted by Crippen LogP contribution is -2.39. The number of amides is 2. The van der Waals surface area contributed by atoms with E-state index >= 15 is 0 Å². The Labute approximate surface area is 152 Å². The number of nitrogens with one attached hydrogen (secondary N) is 2. The molecule has 0 radical (unpaired) electrons. The first-order chi connectivity index (χ1) is 12.7. The van der Waals surface area contributed by atoms with Gasteiger partial charge in [-0.05, 0) is 23.6 Å². The number of benzene rings is 2. The summed E-state index contributed by atoms with van der Waals surface area (Å²) in [5, 5.41) is 4.46. The van der Waals surface area contributed by atoms with Crippen LogP contribution >= 0.6 is 0 Å². The van der Waals surface area contributed by atoms with Crippen molar-refractivity contribution < 1.29 is 9.59 Å². The Morgan fingerprint density at radius 2 is 1.81 bits per heavy atom. The number of rotatable bonds is 6. The normalized spacial score (nSPS) is 17.4. The van der Waals surface area contributed by atoms with E-state index in [0.29, 0.717) is 13.1 Å².